The van der Waals surface area contributed by atoms with E-state index in [4.69, 9.17) is 9.47 Å². The second-order valence-electron chi connectivity index (χ2n) is 6.40. The van der Waals surface area contributed by atoms with Gasteiger partial charge in [-0.3, -0.25) is 9.59 Å². The van der Waals surface area contributed by atoms with Crippen molar-refractivity contribution in [3.8, 4) is 11.5 Å². The SMILES string of the molecule is COc1ccc(C(CC(=O)O)NC(=O)C2CCC(F)(F)CC2)c(OC)c1. The van der Waals surface area contributed by atoms with E-state index in [0.29, 0.717) is 17.1 Å². The number of ether oxygens (including phenoxy) is 2. The molecule has 0 radical (unpaired) electrons. The van der Waals surface area contributed by atoms with Gasteiger partial charge in [-0.05, 0) is 25.0 Å². The number of rotatable bonds is 7. The Balaban J connectivity index is 2.17. The van der Waals surface area contributed by atoms with Crippen LogP contribution in [0.15, 0.2) is 18.2 Å². The lowest BCUT2D eigenvalue weighted by atomic mass is 9.86. The molecule has 1 aromatic rings. The number of carboxylic acid groups (broad SMARTS) is 1. The van der Waals surface area contributed by atoms with E-state index in [1.807, 2.05) is 0 Å². The normalized spacial score (nSPS) is 18.0. The van der Waals surface area contributed by atoms with Crippen LogP contribution in [-0.4, -0.2) is 37.1 Å². The number of alkyl halides is 2. The molecule has 0 spiro atoms. The Labute approximate surface area is 150 Å². The van der Waals surface area contributed by atoms with Crippen molar-refractivity contribution in [3.05, 3.63) is 23.8 Å². The number of benzene rings is 1. The average Bonchev–Trinajstić information content (AvgIpc) is 2.60. The van der Waals surface area contributed by atoms with Crippen molar-refractivity contribution in [2.45, 2.75) is 44.1 Å². The van der Waals surface area contributed by atoms with Gasteiger partial charge < -0.3 is 19.9 Å². The van der Waals surface area contributed by atoms with Crippen LogP contribution >= 0.6 is 0 Å². The number of halogens is 2. The maximum absolute atomic E-state index is 13.3. The molecule has 2 N–H and O–H groups in total. The van der Waals surface area contributed by atoms with Gasteiger partial charge in [0.1, 0.15) is 11.5 Å². The summed E-state index contributed by atoms with van der Waals surface area (Å²) in [7, 11) is 2.92. The summed E-state index contributed by atoms with van der Waals surface area (Å²) in [4.78, 5) is 23.7. The van der Waals surface area contributed by atoms with Crippen molar-refractivity contribution in [1.29, 1.82) is 0 Å². The van der Waals surface area contributed by atoms with Crippen LogP contribution < -0.4 is 14.8 Å². The smallest absolute Gasteiger partial charge is 0.305 e. The number of methoxy groups -OCH3 is 2. The Morgan fingerprint density at radius 3 is 2.46 bits per heavy atom. The molecule has 2 rings (SSSR count). The van der Waals surface area contributed by atoms with E-state index >= 15 is 0 Å². The minimum Gasteiger partial charge on any atom is -0.497 e. The van der Waals surface area contributed by atoms with Crippen LogP contribution in [0.3, 0.4) is 0 Å². The van der Waals surface area contributed by atoms with Gasteiger partial charge in [-0.15, -0.1) is 0 Å². The number of carboxylic acids is 1. The van der Waals surface area contributed by atoms with E-state index in [2.05, 4.69) is 5.32 Å². The van der Waals surface area contributed by atoms with Gasteiger partial charge in [-0.25, -0.2) is 8.78 Å². The van der Waals surface area contributed by atoms with Crippen LogP contribution in [0.5, 0.6) is 11.5 Å². The molecule has 26 heavy (non-hydrogen) atoms. The summed E-state index contributed by atoms with van der Waals surface area (Å²) >= 11 is 0. The molecule has 6 nitrogen and oxygen atoms in total. The van der Waals surface area contributed by atoms with Gasteiger partial charge >= 0.3 is 5.97 Å². The summed E-state index contributed by atoms with van der Waals surface area (Å²) in [6, 6.07) is 4.03. The summed E-state index contributed by atoms with van der Waals surface area (Å²) in [6.45, 7) is 0. The number of nitrogens with one attached hydrogen (secondary N) is 1. The predicted molar refractivity (Wildman–Crippen MR) is 89.6 cm³/mol. The van der Waals surface area contributed by atoms with Crippen molar-refractivity contribution in [2.75, 3.05) is 14.2 Å². The lowest BCUT2D eigenvalue weighted by Crippen LogP contribution is -2.38. The molecule has 0 aromatic heterocycles. The monoisotopic (exact) mass is 371 g/mol. The summed E-state index contributed by atoms with van der Waals surface area (Å²) in [5.41, 5.74) is 0.491. The Bertz CT molecular complexity index is 655. The van der Waals surface area contributed by atoms with Gasteiger partial charge in [0.25, 0.3) is 0 Å². The van der Waals surface area contributed by atoms with Gasteiger partial charge in [-0.2, -0.15) is 0 Å². The Hall–Kier alpha value is -2.38. The predicted octanol–water partition coefficient (Wildman–Crippen LogP) is 3.16. The van der Waals surface area contributed by atoms with E-state index in [1.165, 1.54) is 14.2 Å². The quantitative estimate of drug-likeness (QED) is 0.769. The maximum Gasteiger partial charge on any atom is 0.305 e. The lowest BCUT2D eigenvalue weighted by Gasteiger charge is -2.29. The van der Waals surface area contributed by atoms with Crippen molar-refractivity contribution in [2.24, 2.45) is 5.92 Å². The van der Waals surface area contributed by atoms with E-state index < -0.39 is 29.8 Å². The molecule has 1 aliphatic rings. The maximum atomic E-state index is 13.3. The fraction of sp³-hybridized carbons (Fsp3) is 0.556. The fourth-order valence-electron chi connectivity index (χ4n) is 3.11. The summed E-state index contributed by atoms with van der Waals surface area (Å²) in [5, 5.41) is 11.9. The molecule has 1 saturated carbocycles. The van der Waals surface area contributed by atoms with Crippen LogP contribution in [0.1, 0.15) is 43.7 Å². The molecule has 1 unspecified atom stereocenters. The van der Waals surface area contributed by atoms with Crippen molar-refractivity contribution < 1.29 is 33.0 Å². The molecular formula is C18H23F2NO5. The molecule has 0 bridgehead atoms. The molecule has 1 amide bonds. The molecule has 0 saturated heterocycles. The van der Waals surface area contributed by atoms with Crippen molar-refractivity contribution in [1.82, 2.24) is 5.32 Å². The second-order valence-corrected chi connectivity index (χ2v) is 6.40. The molecule has 8 heteroatoms. The number of carbonyl (C=O) groups excluding carboxylic acids is 1. The standard InChI is InChI=1S/C18H23F2NO5/c1-25-12-3-4-13(15(9-12)26-2)14(10-16(22)23)21-17(24)11-5-7-18(19,20)8-6-11/h3-4,9,11,14H,5-8,10H2,1-2H3,(H,21,24)(H,22,23). The first-order valence-electron chi connectivity index (χ1n) is 8.37. The minimum atomic E-state index is -2.73. The molecule has 1 fully saturated rings. The lowest BCUT2D eigenvalue weighted by molar-refractivity contribution is -0.138. The van der Waals surface area contributed by atoms with E-state index in [-0.39, 0.29) is 32.1 Å². The number of amides is 1. The molecule has 1 atom stereocenters. The molecule has 1 aliphatic carbocycles. The Kier molecular flexibility index (Phi) is 6.39. The van der Waals surface area contributed by atoms with Crippen LogP contribution in [0.4, 0.5) is 8.78 Å². The number of hydrogen-bond acceptors (Lipinski definition) is 4. The molecule has 0 heterocycles. The zero-order valence-corrected chi connectivity index (χ0v) is 14.8. The third-order valence-electron chi connectivity index (χ3n) is 4.60. The third-order valence-corrected chi connectivity index (χ3v) is 4.60. The van der Waals surface area contributed by atoms with Gasteiger partial charge in [-0.1, -0.05) is 0 Å². The van der Waals surface area contributed by atoms with Gasteiger partial charge in [0.15, 0.2) is 0 Å². The zero-order chi connectivity index (χ0) is 19.3. The Morgan fingerprint density at radius 2 is 1.92 bits per heavy atom. The summed E-state index contributed by atoms with van der Waals surface area (Å²) in [6.07, 6.45) is -0.852. The van der Waals surface area contributed by atoms with Gasteiger partial charge in [0, 0.05) is 30.4 Å². The van der Waals surface area contributed by atoms with Crippen molar-refractivity contribution >= 4 is 11.9 Å². The van der Waals surface area contributed by atoms with Crippen LogP contribution in [0.2, 0.25) is 0 Å². The molecule has 0 aliphatic heterocycles. The first-order chi connectivity index (χ1) is 12.3. The highest BCUT2D eigenvalue weighted by molar-refractivity contribution is 5.80. The van der Waals surface area contributed by atoms with E-state index in [0.717, 1.165) is 0 Å². The second kappa shape index (κ2) is 8.33. The van der Waals surface area contributed by atoms with Crippen LogP contribution in [0, 0.1) is 5.92 Å². The van der Waals surface area contributed by atoms with Crippen LogP contribution in [-0.2, 0) is 9.59 Å². The molecule has 144 valence electrons. The zero-order valence-electron chi connectivity index (χ0n) is 14.8. The highest BCUT2D eigenvalue weighted by Crippen LogP contribution is 2.37. The first-order valence-corrected chi connectivity index (χ1v) is 8.37. The minimum absolute atomic E-state index is 0.0817. The number of carbonyl (C=O) groups is 2. The topological polar surface area (TPSA) is 84.9 Å². The van der Waals surface area contributed by atoms with Gasteiger partial charge in [0.05, 0.1) is 26.7 Å². The summed E-state index contributed by atoms with van der Waals surface area (Å²) in [5.74, 6) is -3.87. The third kappa shape index (κ3) is 5.06. The highest BCUT2D eigenvalue weighted by atomic mass is 19.3. The first kappa shape index (κ1) is 19.9. The number of aliphatic carboxylic acids is 1. The summed E-state index contributed by atoms with van der Waals surface area (Å²) < 4.78 is 36.9. The average molecular weight is 371 g/mol. The fourth-order valence-corrected chi connectivity index (χ4v) is 3.11. The van der Waals surface area contributed by atoms with Gasteiger partial charge in [0.2, 0.25) is 11.8 Å². The van der Waals surface area contributed by atoms with E-state index in [1.54, 1.807) is 18.2 Å². The molecular weight excluding hydrogens is 348 g/mol. The Morgan fingerprint density at radius 1 is 1.27 bits per heavy atom. The van der Waals surface area contributed by atoms with Crippen LogP contribution in [0.25, 0.3) is 0 Å². The van der Waals surface area contributed by atoms with E-state index in [9.17, 15) is 23.5 Å². The highest BCUT2D eigenvalue weighted by Gasteiger charge is 2.38. The molecule has 1 aromatic carbocycles. The number of hydrogen-bond donors (Lipinski definition) is 2. The van der Waals surface area contributed by atoms with Crippen molar-refractivity contribution in [3.63, 3.8) is 0 Å². The largest absolute Gasteiger partial charge is 0.497 e.